The van der Waals surface area contributed by atoms with E-state index >= 15 is 0 Å². The summed E-state index contributed by atoms with van der Waals surface area (Å²) in [5, 5.41) is 0.628. The summed E-state index contributed by atoms with van der Waals surface area (Å²) in [6.45, 7) is 5.05. The molecule has 0 saturated carbocycles. The molecule has 0 atom stereocenters. The Bertz CT molecular complexity index is 847. The van der Waals surface area contributed by atoms with Crippen LogP contribution in [0.1, 0.15) is 22.8 Å². The van der Waals surface area contributed by atoms with E-state index in [0.717, 1.165) is 11.1 Å². The molecule has 0 radical (unpaired) electrons. The average molecular weight is 343 g/mol. The van der Waals surface area contributed by atoms with E-state index in [1.54, 1.807) is 17.2 Å². The van der Waals surface area contributed by atoms with E-state index in [0.29, 0.717) is 42.9 Å². The summed E-state index contributed by atoms with van der Waals surface area (Å²) in [5.74, 6) is -0.575. The summed E-state index contributed by atoms with van der Waals surface area (Å²) in [6, 6.07) is 3.69. The number of carbonyl (C=O) groups is 3. The second-order valence-electron chi connectivity index (χ2n) is 6.16. The van der Waals surface area contributed by atoms with Crippen molar-refractivity contribution < 1.29 is 19.1 Å². The lowest BCUT2D eigenvalue weighted by Gasteiger charge is -2.33. The lowest BCUT2D eigenvalue weighted by atomic mass is 10.0. The number of fused-ring (bicyclic) bond motifs is 1. The zero-order chi connectivity index (χ0) is 18.1. The lowest BCUT2D eigenvalue weighted by molar-refractivity contribution is -0.135. The number of aromatic nitrogens is 1. The van der Waals surface area contributed by atoms with Crippen molar-refractivity contribution in [2.24, 2.45) is 0 Å². The van der Waals surface area contributed by atoms with E-state index in [1.807, 2.05) is 13.0 Å². The number of hydrogen-bond donors (Lipinski definition) is 1. The third-order valence-electron chi connectivity index (χ3n) is 4.68. The van der Waals surface area contributed by atoms with Crippen LogP contribution in [0.5, 0.6) is 5.75 Å². The lowest BCUT2D eigenvalue weighted by Crippen LogP contribution is -2.51. The number of H-pyrrole nitrogens is 1. The average Bonchev–Trinajstić information content (AvgIpc) is 3.07. The summed E-state index contributed by atoms with van der Waals surface area (Å²) in [7, 11) is 1.54. The number of ketones is 1. The molecular formula is C18H21N3O4. The van der Waals surface area contributed by atoms with E-state index in [9.17, 15) is 14.4 Å². The van der Waals surface area contributed by atoms with Gasteiger partial charge in [0.25, 0.3) is 11.7 Å². The van der Waals surface area contributed by atoms with Gasteiger partial charge < -0.3 is 19.5 Å². The van der Waals surface area contributed by atoms with Crippen LogP contribution >= 0.6 is 0 Å². The molecule has 2 aromatic rings. The zero-order valence-electron chi connectivity index (χ0n) is 14.6. The van der Waals surface area contributed by atoms with Gasteiger partial charge >= 0.3 is 0 Å². The molecule has 0 aliphatic carbocycles. The zero-order valence-corrected chi connectivity index (χ0v) is 14.6. The highest BCUT2D eigenvalue weighted by Gasteiger charge is 2.29. The van der Waals surface area contributed by atoms with Gasteiger partial charge in [-0.2, -0.15) is 0 Å². The van der Waals surface area contributed by atoms with E-state index in [1.165, 1.54) is 18.9 Å². The van der Waals surface area contributed by atoms with Gasteiger partial charge in [-0.3, -0.25) is 14.4 Å². The minimum absolute atomic E-state index is 0.0183. The van der Waals surface area contributed by atoms with Gasteiger partial charge in [-0.1, -0.05) is 6.07 Å². The number of nitrogens with zero attached hydrogens (tertiary/aromatic N) is 2. The number of carbonyl (C=O) groups excluding carboxylic acids is 3. The maximum Gasteiger partial charge on any atom is 0.295 e. The van der Waals surface area contributed by atoms with E-state index in [-0.39, 0.29) is 5.91 Å². The summed E-state index contributed by atoms with van der Waals surface area (Å²) >= 11 is 0. The van der Waals surface area contributed by atoms with Crippen LogP contribution in [0.4, 0.5) is 0 Å². The number of piperazine rings is 1. The molecule has 7 heteroatoms. The van der Waals surface area contributed by atoms with Gasteiger partial charge in [0.05, 0.1) is 23.6 Å². The minimum atomic E-state index is -0.563. The molecule has 3 rings (SSSR count). The smallest absolute Gasteiger partial charge is 0.295 e. The van der Waals surface area contributed by atoms with E-state index in [2.05, 4.69) is 4.98 Å². The van der Waals surface area contributed by atoms with Crippen LogP contribution in [-0.2, 0) is 9.59 Å². The number of methoxy groups -OCH3 is 1. The molecular weight excluding hydrogens is 322 g/mol. The Kier molecular flexibility index (Phi) is 4.48. The van der Waals surface area contributed by atoms with Crippen molar-refractivity contribution in [1.29, 1.82) is 0 Å². The van der Waals surface area contributed by atoms with Crippen molar-refractivity contribution in [1.82, 2.24) is 14.8 Å². The first-order valence-electron chi connectivity index (χ1n) is 8.17. The molecule has 0 unspecified atom stereocenters. The monoisotopic (exact) mass is 343 g/mol. The molecule has 132 valence electrons. The number of ether oxygens (including phenoxy) is 1. The van der Waals surface area contributed by atoms with Crippen LogP contribution in [0.15, 0.2) is 18.3 Å². The minimum Gasteiger partial charge on any atom is -0.496 e. The van der Waals surface area contributed by atoms with Crippen molar-refractivity contribution in [2.75, 3.05) is 33.3 Å². The molecule has 25 heavy (non-hydrogen) atoms. The van der Waals surface area contributed by atoms with Gasteiger partial charge in [-0.05, 0) is 18.6 Å². The number of aromatic amines is 1. The number of Topliss-reactive ketones (excluding diaryl/α,β-unsaturated/α-hetero) is 1. The number of hydrogen-bond acceptors (Lipinski definition) is 4. The normalized spacial score (nSPS) is 14.7. The highest BCUT2D eigenvalue weighted by atomic mass is 16.5. The molecule has 1 fully saturated rings. The van der Waals surface area contributed by atoms with Crippen LogP contribution in [0.25, 0.3) is 10.9 Å². The second kappa shape index (κ2) is 6.58. The van der Waals surface area contributed by atoms with E-state index < -0.39 is 11.7 Å². The van der Waals surface area contributed by atoms with Crippen molar-refractivity contribution in [2.45, 2.75) is 13.8 Å². The summed E-state index contributed by atoms with van der Waals surface area (Å²) in [4.78, 5) is 43.0. The molecule has 7 nitrogen and oxygen atoms in total. The Morgan fingerprint density at radius 2 is 1.72 bits per heavy atom. The fourth-order valence-electron chi connectivity index (χ4n) is 3.19. The van der Waals surface area contributed by atoms with Crippen LogP contribution in [0.2, 0.25) is 0 Å². The number of rotatable bonds is 3. The van der Waals surface area contributed by atoms with Gasteiger partial charge in [-0.25, -0.2) is 0 Å². The molecule has 0 spiro atoms. The number of amides is 2. The fourth-order valence-corrected chi connectivity index (χ4v) is 3.19. The predicted molar refractivity (Wildman–Crippen MR) is 92.8 cm³/mol. The highest BCUT2D eigenvalue weighted by molar-refractivity contribution is 6.45. The molecule has 1 aromatic heterocycles. The van der Waals surface area contributed by atoms with Crippen LogP contribution in [0.3, 0.4) is 0 Å². The maximum absolute atomic E-state index is 12.8. The molecule has 0 bridgehead atoms. The number of benzene rings is 1. The molecule has 2 heterocycles. The Morgan fingerprint density at radius 1 is 1.08 bits per heavy atom. The van der Waals surface area contributed by atoms with Crippen molar-refractivity contribution >= 4 is 28.5 Å². The van der Waals surface area contributed by atoms with Crippen LogP contribution in [0, 0.1) is 6.92 Å². The molecule has 2 amide bonds. The van der Waals surface area contributed by atoms with Gasteiger partial charge in [-0.15, -0.1) is 0 Å². The first-order valence-corrected chi connectivity index (χ1v) is 8.17. The van der Waals surface area contributed by atoms with Gasteiger partial charge in [0, 0.05) is 39.3 Å². The Hall–Kier alpha value is -2.83. The van der Waals surface area contributed by atoms with Crippen molar-refractivity contribution in [3.63, 3.8) is 0 Å². The maximum atomic E-state index is 12.8. The molecule has 1 saturated heterocycles. The molecule has 1 aliphatic heterocycles. The standard InChI is InChI=1S/C18H21N3O4/c1-11-4-5-14(25-3)15-13(10-19-16(11)15)17(23)18(24)21-8-6-20(7-9-21)12(2)22/h4-5,10,19H,6-9H2,1-3H3. The van der Waals surface area contributed by atoms with Crippen LogP contribution in [-0.4, -0.2) is 65.7 Å². The fraction of sp³-hybridized carbons (Fsp3) is 0.389. The largest absolute Gasteiger partial charge is 0.496 e. The highest BCUT2D eigenvalue weighted by Crippen LogP contribution is 2.31. The summed E-state index contributed by atoms with van der Waals surface area (Å²) < 4.78 is 5.36. The predicted octanol–water partition coefficient (Wildman–Crippen LogP) is 1.36. The Labute approximate surface area is 145 Å². The van der Waals surface area contributed by atoms with Gasteiger partial charge in [0.2, 0.25) is 5.91 Å². The summed E-state index contributed by atoms with van der Waals surface area (Å²) in [6.07, 6.45) is 1.56. The van der Waals surface area contributed by atoms with Gasteiger partial charge in [0.15, 0.2) is 0 Å². The molecule has 1 aliphatic rings. The number of aryl methyl sites for hydroxylation is 1. The third-order valence-corrected chi connectivity index (χ3v) is 4.68. The van der Waals surface area contributed by atoms with Crippen molar-refractivity contribution in [3.8, 4) is 5.75 Å². The van der Waals surface area contributed by atoms with Gasteiger partial charge in [0.1, 0.15) is 5.75 Å². The third kappa shape index (κ3) is 2.97. The molecule has 1 N–H and O–H groups in total. The van der Waals surface area contributed by atoms with Crippen molar-refractivity contribution in [3.05, 3.63) is 29.5 Å². The van der Waals surface area contributed by atoms with E-state index in [4.69, 9.17) is 4.74 Å². The molecule has 1 aromatic carbocycles. The Morgan fingerprint density at radius 3 is 2.32 bits per heavy atom. The van der Waals surface area contributed by atoms with Crippen LogP contribution < -0.4 is 4.74 Å². The second-order valence-corrected chi connectivity index (χ2v) is 6.16. The Balaban J connectivity index is 1.86. The first-order chi connectivity index (χ1) is 11.9. The number of nitrogens with one attached hydrogen (secondary N) is 1. The SMILES string of the molecule is COc1ccc(C)c2[nH]cc(C(=O)C(=O)N3CCN(C(C)=O)CC3)c12. The summed E-state index contributed by atoms with van der Waals surface area (Å²) in [5.41, 5.74) is 2.07. The first kappa shape index (κ1) is 17.0. The quantitative estimate of drug-likeness (QED) is 0.674. The topological polar surface area (TPSA) is 82.7 Å².